The second-order valence-electron chi connectivity index (χ2n) is 12.5. The third-order valence-corrected chi connectivity index (χ3v) is 8.72. The molecule has 2 rings (SSSR count). The van der Waals surface area contributed by atoms with Gasteiger partial charge in [-0.15, -0.1) is 0 Å². The fraction of sp³-hybridized carbons (Fsp3) is 0.812. The minimum atomic E-state index is -0.0876. The molecule has 0 aromatic heterocycles. The number of phenols is 1. The van der Waals surface area contributed by atoms with Gasteiger partial charge >= 0.3 is 0 Å². The molecular formula is C32H56O2. The lowest BCUT2D eigenvalue weighted by Gasteiger charge is -2.39. The quantitative estimate of drug-likeness (QED) is 0.292. The molecule has 34 heavy (non-hydrogen) atoms. The lowest BCUT2D eigenvalue weighted by Crippen LogP contribution is -2.37. The molecule has 1 heterocycles. The van der Waals surface area contributed by atoms with Gasteiger partial charge in [-0.05, 0) is 87.7 Å². The van der Waals surface area contributed by atoms with Crippen LogP contribution < -0.4 is 4.74 Å². The van der Waals surface area contributed by atoms with Gasteiger partial charge in [0.2, 0.25) is 0 Å². The van der Waals surface area contributed by atoms with Crippen LogP contribution in [-0.4, -0.2) is 10.7 Å². The molecule has 4 atom stereocenters. The minimum absolute atomic E-state index is 0.0876. The number of aromatic hydroxyl groups is 1. The third-order valence-electron chi connectivity index (χ3n) is 8.72. The Morgan fingerprint density at radius 1 is 0.853 bits per heavy atom. The average molecular weight is 473 g/mol. The zero-order valence-electron chi connectivity index (χ0n) is 24.2. The Bertz CT molecular complexity index is 765. The number of hydrogen-bond donors (Lipinski definition) is 1. The van der Waals surface area contributed by atoms with E-state index in [1.165, 1.54) is 62.5 Å². The summed E-state index contributed by atoms with van der Waals surface area (Å²) in [6.45, 7) is 20.5. The number of ether oxygens (including phenoxy) is 1. The Kier molecular flexibility index (Phi) is 11.3. The minimum Gasteiger partial charge on any atom is -0.507 e. The van der Waals surface area contributed by atoms with Gasteiger partial charge in [-0.2, -0.15) is 0 Å². The standard InChI is InChI=1S/C32H56O2/c1-10-25(6)29-27(8)30(33)26(7)28-19-21-32(9,34-31(28)29)20-13-18-24(5)17-12-16-23(4)15-11-14-22(2)3/h22-25,33H,10-21H2,1-9H3/t23-,24-,25?,32-/m1/s1. The summed E-state index contributed by atoms with van der Waals surface area (Å²) < 4.78 is 6.83. The second-order valence-corrected chi connectivity index (χ2v) is 12.5. The van der Waals surface area contributed by atoms with Crippen LogP contribution in [0.25, 0.3) is 0 Å². The van der Waals surface area contributed by atoms with Gasteiger partial charge in [0.1, 0.15) is 17.1 Å². The van der Waals surface area contributed by atoms with Crippen LogP contribution in [0.4, 0.5) is 0 Å². The molecule has 0 saturated heterocycles. The highest BCUT2D eigenvalue weighted by atomic mass is 16.5. The van der Waals surface area contributed by atoms with Crippen LogP contribution in [0.5, 0.6) is 11.5 Å². The van der Waals surface area contributed by atoms with E-state index in [9.17, 15) is 5.11 Å². The molecule has 0 bridgehead atoms. The van der Waals surface area contributed by atoms with E-state index in [0.29, 0.717) is 11.7 Å². The fourth-order valence-corrected chi connectivity index (χ4v) is 5.94. The molecule has 0 fully saturated rings. The van der Waals surface area contributed by atoms with E-state index in [-0.39, 0.29) is 5.60 Å². The summed E-state index contributed by atoms with van der Waals surface area (Å²) in [6.07, 6.45) is 15.1. The van der Waals surface area contributed by atoms with Crippen molar-refractivity contribution >= 4 is 0 Å². The Balaban J connectivity index is 1.86. The van der Waals surface area contributed by atoms with Gasteiger partial charge in [-0.25, -0.2) is 0 Å². The summed E-state index contributed by atoms with van der Waals surface area (Å²) in [4.78, 5) is 0. The molecule has 0 aliphatic carbocycles. The molecule has 0 spiro atoms. The summed E-state index contributed by atoms with van der Waals surface area (Å²) in [5.41, 5.74) is 4.43. The molecule has 0 saturated carbocycles. The normalized spacial score (nSPS) is 20.6. The molecule has 196 valence electrons. The van der Waals surface area contributed by atoms with Crippen molar-refractivity contribution in [1.29, 1.82) is 0 Å². The number of benzene rings is 1. The monoisotopic (exact) mass is 472 g/mol. The maximum Gasteiger partial charge on any atom is 0.127 e. The van der Waals surface area contributed by atoms with Crippen molar-refractivity contribution in [3.63, 3.8) is 0 Å². The topological polar surface area (TPSA) is 29.5 Å². The molecule has 1 aliphatic rings. The van der Waals surface area contributed by atoms with Crippen LogP contribution in [0.15, 0.2) is 0 Å². The largest absolute Gasteiger partial charge is 0.507 e. The van der Waals surface area contributed by atoms with Gasteiger partial charge < -0.3 is 9.84 Å². The zero-order chi connectivity index (χ0) is 25.5. The Morgan fingerprint density at radius 3 is 1.97 bits per heavy atom. The summed E-state index contributed by atoms with van der Waals surface area (Å²) >= 11 is 0. The highest BCUT2D eigenvalue weighted by molar-refractivity contribution is 5.60. The van der Waals surface area contributed by atoms with E-state index >= 15 is 0 Å². The van der Waals surface area contributed by atoms with Gasteiger partial charge in [0.25, 0.3) is 0 Å². The van der Waals surface area contributed by atoms with Crippen molar-refractivity contribution in [2.24, 2.45) is 17.8 Å². The van der Waals surface area contributed by atoms with Crippen molar-refractivity contribution in [3.05, 3.63) is 22.3 Å². The Labute approximate surface area is 212 Å². The molecule has 0 amide bonds. The van der Waals surface area contributed by atoms with Gasteiger partial charge in [0, 0.05) is 11.1 Å². The summed E-state index contributed by atoms with van der Waals surface area (Å²) in [5.74, 6) is 4.50. The van der Waals surface area contributed by atoms with Crippen LogP contribution in [0, 0.1) is 31.6 Å². The molecule has 2 nitrogen and oxygen atoms in total. The summed E-state index contributed by atoms with van der Waals surface area (Å²) in [5, 5.41) is 10.7. The van der Waals surface area contributed by atoms with E-state index < -0.39 is 0 Å². The number of hydrogen-bond acceptors (Lipinski definition) is 2. The maximum atomic E-state index is 10.7. The van der Waals surface area contributed by atoms with Crippen molar-refractivity contribution < 1.29 is 9.84 Å². The van der Waals surface area contributed by atoms with Gasteiger partial charge in [-0.1, -0.05) is 86.5 Å². The first-order chi connectivity index (χ1) is 16.0. The molecular weight excluding hydrogens is 416 g/mol. The van der Waals surface area contributed by atoms with E-state index in [1.807, 2.05) is 0 Å². The zero-order valence-corrected chi connectivity index (χ0v) is 24.2. The highest BCUT2D eigenvalue weighted by Gasteiger charge is 2.35. The van der Waals surface area contributed by atoms with Gasteiger partial charge in [0.15, 0.2) is 0 Å². The summed E-state index contributed by atoms with van der Waals surface area (Å²) in [6, 6.07) is 0. The van der Waals surface area contributed by atoms with Crippen LogP contribution in [-0.2, 0) is 6.42 Å². The highest BCUT2D eigenvalue weighted by Crippen LogP contribution is 2.47. The van der Waals surface area contributed by atoms with Crippen molar-refractivity contribution in [2.45, 2.75) is 151 Å². The van der Waals surface area contributed by atoms with Crippen LogP contribution in [0.3, 0.4) is 0 Å². The molecule has 1 aromatic carbocycles. The van der Waals surface area contributed by atoms with Crippen LogP contribution >= 0.6 is 0 Å². The first-order valence-electron chi connectivity index (χ1n) is 14.5. The fourth-order valence-electron chi connectivity index (χ4n) is 5.94. The average Bonchev–Trinajstić information content (AvgIpc) is 2.77. The van der Waals surface area contributed by atoms with Gasteiger partial charge in [0.05, 0.1) is 0 Å². The van der Waals surface area contributed by atoms with Crippen LogP contribution in [0.1, 0.15) is 147 Å². The number of phenolic OH excluding ortho intramolecular Hbond substituents is 1. The van der Waals surface area contributed by atoms with E-state index in [2.05, 4.69) is 62.3 Å². The smallest absolute Gasteiger partial charge is 0.127 e. The lowest BCUT2D eigenvalue weighted by molar-refractivity contribution is 0.0504. The SMILES string of the molecule is CCC(C)c1c(C)c(O)c(C)c2c1O[C@](C)(CCC[C@H](C)CCC[C@H](C)CCCC(C)C)CC2. The molecule has 1 N–H and O–H groups in total. The maximum absolute atomic E-state index is 10.7. The van der Waals surface area contributed by atoms with Crippen molar-refractivity contribution in [1.82, 2.24) is 0 Å². The first-order valence-corrected chi connectivity index (χ1v) is 14.5. The first kappa shape index (κ1) is 29.1. The summed E-state index contributed by atoms with van der Waals surface area (Å²) in [7, 11) is 0. The molecule has 1 aliphatic heterocycles. The molecule has 0 radical (unpaired) electrons. The van der Waals surface area contributed by atoms with E-state index in [0.717, 1.165) is 60.3 Å². The number of fused-ring (bicyclic) bond motifs is 1. The van der Waals surface area contributed by atoms with Crippen LogP contribution in [0.2, 0.25) is 0 Å². The predicted octanol–water partition coefficient (Wildman–Crippen LogP) is 10.0. The Morgan fingerprint density at radius 2 is 1.41 bits per heavy atom. The third kappa shape index (κ3) is 7.92. The van der Waals surface area contributed by atoms with Crippen molar-refractivity contribution in [3.8, 4) is 11.5 Å². The molecule has 1 aromatic rings. The van der Waals surface area contributed by atoms with E-state index in [1.54, 1.807) is 0 Å². The van der Waals surface area contributed by atoms with Crippen molar-refractivity contribution in [2.75, 3.05) is 0 Å². The lowest BCUT2D eigenvalue weighted by atomic mass is 9.81. The van der Waals surface area contributed by atoms with E-state index in [4.69, 9.17) is 4.74 Å². The second kappa shape index (κ2) is 13.2. The Hall–Kier alpha value is -1.18. The molecule has 1 unspecified atom stereocenters. The molecule has 2 heteroatoms. The van der Waals surface area contributed by atoms with Gasteiger partial charge in [-0.3, -0.25) is 0 Å². The number of rotatable bonds is 14. The predicted molar refractivity (Wildman–Crippen MR) is 148 cm³/mol.